The monoisotopic (exact) mass is 223 g/mol. The van der Waals surface area contributed by atoms with Gasteiger partial charge in [-0.05, 0) is 24.1 Å². The van der Waals surface area contributed by atoms with Gasteiger partial charge in [-0.15, -0.1) is 0 Å². The van der Waals surface area contributed by atoms with Crippen LogP contribution >= 0.6 is 11.6 Å². The minimum atomic E-state index is 0.762. The standard InChI is InChI=1S/C11H14ClN3/c1-8-9(3-2-4-10(8)12)7-15-11-13-5-6-14-11/h2-4H,5-7H2,1H3,(H2,13,14,15). The second-order valence-corrected chi connectivity index (χ2v) is 3.94. The van der Waals surface area contributed by atoms with Crippen LogP contribution in [0.1, 0.15) is 11.1 Å². The Balaban J connectivity index is 2.01. The Hall–Kier alpha value is -1.22. The highest BCUT2D eigenvalue weighted by Gasteiger charge is 2.05. The highest BCUT2D eigenvalue weighted by Crippen LogP contribution is 2.18. The van der Waals surface area contributed by atoms with E-state index in [0.29, 0.717) is 0 Å². The van der Waals surface area contributed by atoms with Crippen molar-refractivity contribution in [2.75, 3.05) is 13.1 Å². The van der Waals surface area contributed by atoms with Crippen molar-refractivity contribution in [3.05, 3.63) is 34.3 Å². The quantitative estimate of drug-likeness (QED) is 0.801. The van der Waals surface area contributed by atoms with Gasteiger partial charge in [-0.3, -0.25) is 4.99 Å². The number of guanidine groups is 1. The summed E-state index contributed by atoms with van der Waals surface area (Å²) in [6.45, 7) is 4.58. The van der Waals surface area contributed by atoms with Gasteiger partial charge in [-0.2, -0.15) is 0 Å². The van der Waals surface area contributed by atoms with Crippen LogP contribution < -0.4 is 10.6 Å². The Morgan fingerprint density at radius 3 is 3.13 bits per heavy atom. The van der Waals surface area contributed by atoms with E-state index in [-0.39, 0.29) is 0 Å². The zero-order valence-corrected chi connectivity index (χ0v) is 9.43. The molecule has 3 nitrogen and oxygen atoms in total. The summed E-state index contributed by atoms with van der Waals surface area (Å²) in [7, 11) is 0. The number of benzene rings is 1. The first-order chi connectivity index (χ1) is 7.27. The van der Waals surface area contributed by atoms with Crippen molar-refractivity contribution in [2.45, 2.75) is 13.5 Å². The summed E-state index contributed by atoms with van der Waals surface area (Å²) in [5.74, 6) is 0.884. The van der Waals surface area contributed by atoms with Crippen molar-refractivity contribution in [3.8, 4) is 0 Å². The van der Waals surface area contributed by atoms with Crippen LogP contribution in [0.3, 0.4) is 0 Å². The van der Waals surface area contributed by atoms with Gasteiger partial charge in [-0.1, -0.05) is 23.7 Å². The zero-order valence-electron chi connectivity index (χ0n) is 8.68. The van der Waals surface area contributed by atoms with Crippen molar-refractivity contribution in [1.29, 1.82) is 0 Å². The fourth-order valence-electron chi connectivity index (χ4n) is 1.54. The molecule has 0 spiro atoms. The molecule has 1 aromatic rings. The molecule has 0 fully saturated rings. The van der Waals surface area contributed by atoms with E-state index >= 15 is 0 Å². The van der Waals surface area contributed by atoms with Crippen LogP contribution in [-0.2, 0) is 6.54 Å². The summed E-state index contributed by atoms with van der Waals surface area (Å²) in [4.78, 5) is 4.26. The Bertz CT molecular complexity index is 387. The fraction of sp³-hybridized carbons (Fsp3) is 0.364. The molecule has 4 heteroatoms. The highest BCUT2D eigenvalue weighted by molar-refractivity contribution is 6.31. The Kier molecular flexibility index (Phi) is 3.11. The fourth-order valence-corrected chi connectivity index (χ4v) is 1.73. The van der Waals surface area contributed by atoms with E-state index in [1.165, 1.54) is 5.56 Å². The molecule has 2 rings (SSSR count). The molecule has 80 valence electrons. The number of aliphatic imine (C=N–C) groups is 1. The number of halogens is 1. The summed E-state index contributed by atoms with van der Waals surface area (Å²) in [5, 5.41) is 7.23. The van der Waals surface area contributed by atoms with Crippen LogP contribution in [0.15, 0.2) is 23.2 Å². The molecule has 0 radical (unpaired) electrons. The van der Waals surface area contributed by atoms with E-state index in [4.69, 9.17) is 11.6 Å². The molecule has 0 unspecified atom stereocenters. The molecule has 2 N–H and O–H groups in total. The summed E-state index contributed by atoms with van der Waals surface area (Å²) >= 11 is 6.04. The van der Waals surface area contributed by atoms with Crippen molar-refractivity contribution in [3.63, 3.8) is 0 Å². The molecule has 0 bridgehead atoms. The van der Waals surface area contributed by atoms with Crippen LogP contribution in [0.4, 0.5) is 0 Å². The van der Waals surface area contributed by atoms with E-state index in [2.05, 4.69) is 21.7 Å². The lowest BCUT2D eigenvalue weighted by Crippen LogP contribution is -2.33. The van der Waals surface area contributed by atoms with Crippen molar-refractivity contribution < 1.29 is 0 Å². The predicted molar refractivity (Wildman–Crippen MR) is 63.3 cm³/mol. The Morgan fingerprint density at radius 1 is 1.53 bits per heavy atom. The zero-order chi connectivity index (χ0) is 10.7. The van der Waals surface area contributed by atoms with Gasteiger partial charge < -0.3 is 10.6 Å². The van der Waals surface area contributed by atoms with E-state index < -0.39 is 0 Å². The number of nitrogens with one attached hydrogen (secondary N) is 2. The molecule has 1 aliphatic heterocycles. The first-order valence-corrected chi connectivity index (χ1v) is 5.41. The van der Waals surface area contributed by atoms with E-state index in [1.54, 1.807) is 0 Å². The van der Waals surface area contributed by atoms with Crippen molar-refractivity contribution in [2.24, 2.45) is 4.99 Å². The number of hydrogen-bond acceptors (Lipinski definition) is 3. The summed E-state index contributed by atoms with van der Waals surface area (Å²) in [5.41, 5.74) is 2.34. The van der Waals surface area contributed by atoms with Gasteiger partial charge in [-0.25, -0.2) is 0 Å². The first-order valence-electron chi connectivity index (χ1n) is 5.03. The maximum Gasteiger partial charge on any atom is 0.191 e. The van der Waals surface area contributed by atoms with Crippen LogP contribution in [0.2, 0.25) is 5.02 Å². The average molecular weight is 224 g/mol. The molecule has 0 aliphatic carbocycles. The van der Waals surface area contributed by atoms with Crippen molar-refractivity contribution in [1.82, 2.24) is 10.6 Å². The van der Waals surface area contributed by atoms with E-state index in [0.717, 1.165) is 36.2 Å². The third-order valence-corrected chi connectivity index (χ3v) is 2.91. The number of nitrogens with zero attached hydrogens (tertiary/aromatic N) is 1. The lowest BCUT2D eigenvalue weighted by Gasteiger charge is -2.09. The van der Waals surface area contributed by atoms with Gasteiger partial charge in [0.05, 0.1) is 6.54 Å². The van der Waals surface area contributed by atoms with Gasteiger partial charge in [0.15, 0.2) is 5.96 Å². The molecule has 0 aromatic heterocycles. The maximum absolute atomic E-state index is 6.04. The molecule has 15 heavy (non-hydrogen) atoms. The topological polar surface area (TPSA) is 36.4 Å². The van der Waals surface area contributed by atoms with Crippen LogP contribution in [0, 0.1) is 6.92 Å². The minimum Gasteiger partial charge on any atom is -0.355 e. The van der Waals surface area contributed by atoms with Gasteiger partial charge in [0.2, 0.25) is 0 Å². The minimum absolute atomic E-state index is 0.762. The van der Waals surface area contributed by atoms with Gasteiger partial charge in [0.1, 0.15) is 0 Å². The van der Waals surface area contributed by atoms with Crippen LogP contribution in [-0.4, -0.2) is 19.0 Å². The van der Waals surface area contributed by atoms with E-state index in [9.17, 15) is 0 Å². The van der Waals surface area contributed by atoms with Gasteiger partial charge in [0, 0.05) is 18.1 Å². The number of rotatable bonds is 2. The summed E-state index contributed by atoms with van der Waals surface area (Å²) < 4.78 is 0. The molecule has 1 aliphatic rings. The molecule has 0 atom stereocenters. The average Bonchev–Trinajstić information content (AvgIpc) is 2.73. The second kappa shape index (κ2) is 4.53. The molecule has 0 saturated heterocycles. The third kappa shape index (κ3) is 2.42. The van der Waals surface area contributed by atoms with Gasteiger partial charge >= 0.3 is 0 Å². The molecular formula is C11H14ClN3. The predicted octanol–water partition coefficient (Wildman–Crippen LogP) is 1.70. The highest BCUT2D eigenvalue weighted by atomic mass is 35.5. The molecule has 0 saturated carbocycles. The smallest absolute Gasteiger partial charge is 0.191 e. The lowest BCUT2D eigenvalue weighted by molar-refractivity contribution is 0.861. The second-order valence-electron chi connectivity index (χ2n) is 3.53. The maximum atomic E-state index is 6.04. The van der Waals surface area contributed by atoms with Crippen LogP contribution in [0.25, 0.3) is 0 Å². The van der Waals surface area contributed by atoms with E-state index in [1.807, 2.05) is 19.1 Å². The summed E-state index contributed by atoms with van der Waals surface area (Å²) in [6, 6.07) is 5.95. The van der Waals surface area contributed by atoms with Crippen molar-refractivity contribution >= 4 is 17.6 Å². The molecule has 1 heterocycles. The molecule has 0 amide bonds. The van der Waals surface area contributed by atoms with Gasteiger partial charge in [0.25, 0.3) is 0 Å². The number of hydrogen-bond donors (Lipinski definition) is 2. The summed E-state index contributed by atoms with van der Waals surface area (Å²) in [6.07, 6.45) is 0. The first kappa shape index (κ1) is 10.3. The lowest BCUT2D eigenvalue weighted by atomic mass is 10.1. The van der Waals surface area contributed by atoms with Crippen LogP contribution in [0.5, 0.6) is 0 Å². The normalized spacial score (nSPS) is 14.7. The third-order valence-electron chi connectivity index (χ3n) is 2.50. The molecular weight excluding hydrogens is 210 g/mol. The molecule has 1 aromatic carbocycles. The Morgan fingerprint density at radius 2 is 2.40 bits per heavy atom. The largest absolute Gasteiger partial charge is 0.355 e. The Labute approximate surface area is 94.5 Å². The SMILES string of the molecule is Cc1c(Cl)cccc1CNC1=NCCN1.